The predicted octanol–water partition coefficient (Wildman–Crippen LogP) is 3.54. The number of hydrogen-bond donors (Lipinski definition) is 2. The Bertz CT molecular complexity index is 1210. The van der Waals surface area contributed by atoms with Gasteiger partial charge >= 0.3 is 6.03 Å². The second-order valence-electron chi connectivity index (χ2n) is 9.20. The van der Waals surface area contributed by atoms with Gasteiger partial charge in [-0.1, -0.05) is 0 Å². The molecule has 1 unspecified atom stereocenters. The SMILES string of the molecule is CN(c1c(C#N)cnc2[nH]ccc12)[C@@H]1CC2CN(C(=O)Nc3nc(C4CC4)ns3)C[C@H]2C1. The van der Waals surface area contributed by atoms with Gasteiger partial charge in [-0.3, -0.25) is 5.32 Å². The number of rotatable bonds is 4. The molecule has 2 amide bonds. The Kier molecular flexibility index (Phi) is 4.54. The Morgan fingerprint density at radius 1 is 1.34 bits per heavy atom. The first kappa shape index (κ1) is 19.5. The quantitative estimate of drug-likeness (QED) is 0.631. The van der Waals surface area contributed by atoms with Crippen LogP contribution in [-0.4, -0.2) is 56.4 Å². The number of fused-ring (bicyclic) bond motifs is 2. The molecular weight excluding hydrogens is 424 g/mol. The highest BCUT2D eigenvalue weighted by atomic mass is 32.1. The van der Waals surface area contributed by atoms with Crippen LogP contribution < -0.4 is 10.2 Å². The summed E-state index contributed by atoms with van der Waals surface area (Å²) in [7, 11) is 2.08. The van der Waals surface area contributed by atoms with Crippen molar-refractivity contribution in [2.24, 2.45) is 11.8 Å². The summed E-state index contributed by atoms with van der Waals surface area (Å²) in [5, 5.41) is 14.2. The van der Waals surface area contributed by atoms with Gasteiger partial charge in [-0.2, -0.15) is 9.64 Å². The summed E-state index contributed by atoms with van der Waals surface area (Å²) in [6.45, 7) is 1.52. The lowest BCUT2D eigenvalue weighted by atomic mass is 10.0. The molecule has 1 aliphatic heterocycles. The smallest absolute Gasteiger partial charge is 0.323 e. The molecule has 2 saturated carbocycles. The van der Waals surface area contributed by atoms with Gasteiger partial charge in [0, 0.05) is 61.4 Å². The number of pyridine rings is 1. The van der Waals surface area contributed by atoms with Gasteiger partial charge in [0.15, 0.2) is 0 Å². The van der Waals surface area contributed by atoms with Crippen LogP contribution in [0.5, 0.6) is 0 Å². The normalized spacial score (nSPS) is 24.5. The van der Waals surface area contributed by atoms with Gasteiger partial charge in [0.25, 0.3) is 0 Å². The topological polar surface area (TPSA) is 114 Å². The summed E-state index contributed by atoms with van der Waals surface area (Å²) in [5.74, 6) is 2.31. The average molecular weight is 449 g/mol. The Balaban J connectivity index is 1.12. The number of anilines is 2. The largest absolute Gasteiger partial charge is 0.370 e. The van der Waals surface area contributed by atoms with Crippen molar-refractivity contribution in [1.29, 1.82) is 5.26 Å². The number of carbonyl (C=O) groups is 1. The molecule has 3 aromatic heterocycles. The van der Waals surface area contributed by atoms with Crippen LogP contribution in [0, 0.1) is 23.2 Å². The Morgan fingerprint density at radius 2 is 2.12 bits per heavy atom. The maximum atomic E-state index is 12.8. The fourth-order valence-electron chi connectivity index (χ4n) is 5.35. The number of amides is 2. The van der Waals surface area contributed by atoms with E-state index in [4.69, 9.17) is 0 Å². The lowest BCUT2D eigenvalue weighted by Crippen LogP contribution is -2.36. The summed E-state index contributed by atoms with van der Waals surface area (Å²) >= 11 is 1.27. The van der Waals surface area contributed by atoms with E-state index < -0.39 is 0 Å². The molecule has 0 aromatic carbocycles. The van der Waals surface area contributed by atoms with Gasteiger partial charge in [-0.25, -0.2) is 14.8 Å². The molecule has 3 aliphatic rings. The number of aromatic amines is 1. The van der Waals surface area contributed by atoms with Crippen molar-refractivity contribution in [2.45, 2.75) is 37.6 Å². The van der Waals surface area contributed by atoms with Crippen LogP contribution in [0.2, 0.25) is 0 Å². The molecule has 0 radical (unpaired) electrons. The molecule has 3 atom stereocenters. The van der Waals surface area contributed by atoms with Crippen LogP contribution in [0.15, 0.2) is 18.5 Å². The van der Waals surface area contributed by atoms with Crippen molar-refractivity contribution in [1.82, 2.24) is 24.2 Å². The molecule has 164 valence electrons. The number of carbonyl (C=O) groups excluding carboxylic acids is 1. The highest BCUT2D eigenvalue weighted by Crippen LogP contribution is 2.43. The number of nitrogens with one attached hydrogen (secondary N) is 2. The molecule has 2 aliphatic carbocycles. The summed E-state index contributed by atoms with van der Waals surface area (Å²) in [4.78, 5) is 28.9. The van der Waals surface area contributed by atoms with Gasteiger partial charge < -0.3 is 14.8 Å². The van der Waals surface area contributed by atoms with E-state index >= 15 is 0 Å². The number of nitrogens with zero attached hydrogens (tertiary/aromatic N) is 6. The van der Waals surface area contributed by atoms with E-state index in [0.717, 1.165) is 61.3 Å². The Hall–Kier alpha value is -3.19. The van der Waals surface area contributed by atoms with Crippen LogP contribution in [-0.2, 0) is 0 Å². The highest BCUT2D eigenvalue weighted by molar-refractivity contribution is 7.09. The Labute approximate surface area is 189 Å². The fourth-order valence-corrected chi connectivity index (χ4v) is 5.99. The van der Waals surface area contributed by atoms with Gasteiger partial charge in [0.2, 0.25) is 5.13 Å². The van der Waals surface area contributed by atoms with Crippen LogP contribution >= 0.6 is 11.5 Å². The summed E-state index contributed by atoms with van der Waals surface area (Å²) < 4.78 is 4.37. The van der Waals surface area contributed by atoms with Crippen molar-refractivity contribution in [2.75, 3.05) is 30.4 Å². The van der Waals surface area contributed by atoms with E-state index in [1.165, 1.54) is 11.5 Å². The van der Waals surface area contributed by atoms with Gasteiger partial charge in [0.05, 0.1) is 11.3 Å². The summed E-state index contributed by atoms with van der Waals surface area (Å²) in [5.41, 5.74) is 2.34. The highest BCUT2D eigenvalue weighted by Gasteiger charge is 2.44. The van der Waals surface area contributed by atoms with Crippen LogP contribution in [0.1, 0.15) is 43.0 Å². The zero-order chi connectivity index (χ0) is 21.8. The van der Waals surface area contributed by atoms with Crippen molar-refractivity contribution < 1.29 is 4.79 Å². The van der Waals surface area contributed by atoms with E-state index in [1.807, 2.05) is 17.2 Å². The molecule has 32 heavy (non-hydrogen) atoms. The zero-order valence-electron chi connectivity index (χ0n) is 17.8. The number of urea groups is 1. The van der Waals surface area contributed by atoms with Gasteiger partial charge in [-0.15, -0.1) is 0 Å². The van der Waals surface area contributed by atoms with E-state index in [2.05, 4.69) is 42.7 Å². The summed E-state index contributed by atoms with van der Waals surface area (Å²) in [6.07, 6.45) is 7.83. The van der Waals surface area contributed by atoms with E-state index in [0.29, 0.717) is 34.5 Å². The Morgan fingerprint density at radius 3 is 2.84 bits per heavy atom. The molecule has 4 heterocycles. The van der Waals surface area contributed by atoms with Gasteiger partial charge in [-0.05, 0) is 43.6 Å². The van der Waals surface area contributed by atoms with Crippen LogP contribution in [0.25, 0.3) is 11.0 Å². The minimum atomic E-state index is -0.0715. The second-order valence-corrected chi connectivity index (χ2v) is 9.95. The number of likely N-dealkylation sites (tertiary alicyclic amines) is 1. The van der Waals surface area contributed by atoms with Crippen molar-refractivity contribution >= 4 is 39.4 Å². The predicted molar refractivity (Wildman–Crippen MR) is 122 cm³/mol. The minimum absolute atomic E-state index is 0.0715. The van der Waals surface area contributed by atoms with E-state index in [9.17, 15) is 10.1 Å². The molecule has 6 rings (SSSR count). The monoisotopic (exact) mass is 448 g/mol. The first-order valence-corrected chi connectivity index (χ1v) is 11.9. The summed E-state index contributed by atoms with van der Waals surface area (Å²) in [6, 6.07) is 4.55. The maximum absolute atomic E-state index is 12.8. The van der Waals surface area contributed by atoms with Gasteiger partial charge in [0.1, 0.15) is 17.5 Å². The molecule has 9 nitrogen and oxygen atoms in total. The molecule has 2 N–H and O–H groups in total. The number of H-pyrrole nitrogens is 1. The van der Waals surface area contributed by atoms with Crippen LogP contribution in [0.4, 0.5) is 15.6 Å². The molecule has 3 aromatic rings. The molecular formula is C22H24N8OS. The fraction of sp³-hybridized carbons (Fsp3) is 0.500. The van der Waals surface area contributed by atoms with Crippen molar-refractivity contribution in [3.63, 3.8) is 0 Å². The molecule has 1 saturated heterocycles. The third-order valence-electron chi connectivity index (χ3n) is 7.19. The maximum Gasteiger partial charge on any atom is 0.323 e. The molecule has 0 spiro atoms. The first-order valence-electron chi connectivity index (χ1n) is 11.1. The van der Waals surface area contributed by atoms with Crippen molar-refractivity contribution in [3.8, 4) is 6.07 Å². The number of hydrogen-bond acceptors (Lipinski definition) is 7. The third-order valence-corrected chi connectivity index (χ3v) is 7.84. The zero-order valence-corrected chi connectivity index (χ0v) is 18.6. The molecule has 0 bridgehead atoms. The lowest BCUT2D eigenvalue weighted by molar-refractivity contribution is 0.218. The lowest BCUT2D eigenvalue weighted by Gasteiger charge is -2.29. The standard InChI is InChI=1S/C22H24N8OS/c1-29(18-15(8-23)9-25-20-17(18)4-5-24-20)16-6-13-10-30(11-14(13)7-16)22(31)27-21-26-19(28-32-21)12-2-3-12/h4-5,9,12-14,16H,2-3,6-7,10-11H2,1H3,(H,24,25)(H,26,27,28,31)/t13-,14?,16+/m1/s1. The minimum Gasteiger partial charge on any atom is -0.370 e. The average Bonchev–Trinajstić information content (AvgIpc) is 3.17. The van der Waals surface area contributed by atoms with Crippen molar-refractivity contribution in [3.05, 3.63) is 29.8 Å². The third kappa shape index (κ3) is 3.28. The second kappa shape index (κ2) is 7.45. The molecule has 3 fully saturated rings. The van der Waals surface area contributed by atoms with E-state index in [1.54, 1.807) is 6.20 Å². The number of aromatic nitrogens is 4. The number of nitriles is 1. The first-order chi connectivity index (χ1) is 15.6. The van der Waals surface area contributed by atoms with Crippen LogP contribution in [0.3, 0.4) is 0 Å². The van der Waals surface area contributed by atoms with E-state index in [-0.39, 0.29) is 6.03 Å². The molecule has 10 heteroatoms.